The van der Waals surface area contributed by atoms with Gasteiger partial charge in [-0.05, 0) is 67.8 Å². The van der Waals surface area contributed by atoms with Crippen molar-refractivity contribution < 1.29 is 22.0 Å². The van der Waals surface area contributed by atoms with Crippen LogP contribution in [0, 0.1) is 11.6 Å². The normalized spacial score (nSPS) is 12.4. The van der Waals surface area contributed by atoms with Crippen molar-refractivity contribution in [1.29, 1.82) is 0 Å². The molecule has 1 atom stereocenters. The van der Waals surface area contributed by atoms with Gasteiger partial charge in [0.2, 0.25) is 10.0 Å². The Morgan fingerprint density at radius 1 is 0.968 bits per heavy atom. The summed E-state index contributed by atoms with van der Waals surface area (Å²) < 4.78 is 55.2. The van der Waals surface area contributed by atoms with Crippen LogP contribution in [-0.4, -0.2) is 20.4 Å². The SMILES string of the molecule is C[C@H](CCc1ccccc1)NS(=O)(=O)c1ccc(NC(=O)c2ccc(F)cc2)c(F)c1. The van der Waals surface area contributed by atoms with Crippen LogP contribution in [-0.2, 0) is 16.4 Å². The second-order valence-corrected chi connectivity index (χ2v) is 8.86. The smallest absolute Gasteiger partial charge is 0.255 e. The van der Waals surface area contributed by atoms with E-state index in [1.807, 2.05) is 30.3 Å². The number of sulfonamides is 1. The highest BCUT2D eigenvalue weighted by Crippen LogP contribution is 2.20. The third-order valence-corrected chi connectivity index (χ3v) is 6.26. The van der Waals surface area contributed by atoms with Crippen LogP contribution >= 0.6 is 0 Å². The van der Waals surface area contributed by atoms with Crippen LogP contribution in [0.15, 0.2) is 77.7 Å². The Labute approximate surface area is 180 Å². The third kappa shape index (κ3) is 6.19. The van der Waals surface area contributed by atoms with Crippen molar-refractivity contribution in [2.45, 2.75) is 30.7 Å². The lowest BCUT2D eigenvalue weighted by Crippen LogP contribution is -2.33. The Balaban J connectivity index is 1.64. The van der Waals surface area contributed by atoms with Crippen molar-refractivity contribution in [3.8, 4) is 0 Å². The Kier molecular flexibility index (Phi) is 7.14. The molecule has 3 rings (SSSR count). The summed E-state index contributed by atoms with van der Waals surface area (Å²) in [5, 5.41) is 2.35. The Bertz CT molecular complexity index is 1150. The summed E-state index contributed by atoms with van der Waals surface area (Å²) in [6, 6.07) is 17.4. The van der Waals surface area contributed by atoms with E-state index in [-0.39, 0.29) is 22.2 Å². The molecule has 0 unspecified atom stereocenters. The van der Waals surface area contributed by atoms with Gasteiger partial charge in [0.1, 0.15) is 11.6 Å². The maximum atomic E-state index is 14.5. The number of anilines is 1. The molecule has 1 amide bonds. The first-order valence-electron chi connectivity index (χ1n) is 9.67. The summed E-state index contributed by atoms with van der Waals surface area (Å²) in [5.74, 6) is -2.03. The van der Waals surface area contributed by atoms with Crippen LogP contribution in [0.4, 0.5) is 14.5 Å². The number of benzene rings is 3. The molecule has 5 nitrogen and oxygen atoms in total. The van der Waals surface area contributed by atoms with E-state index in [0.29, 0.717) is 12.8 Å². The van der Waals surface area contributed by atoms with Crippen LogP contribution in [0.25, 0.3) is 0 Å². The molecule has 0 radical (unpaired) electrons. The number of halogens is 2. The van der Waals surface area contributed by atoms with E-state index in [9.17, 15) is 22.0 Å². The molecule has 162 valence electrons. The van der Waals surface area contributed by atoms with Crippen LogP contribution in [0.1, 0.15) is 29.3 Å². The summed E-state index contributed by atoms with van der Waals surface area (Å²) in [6.07, 6.45) is 1.28. The minimum absolute atomic E-state index is 0.145. The maximum Gasteiger partial charge on any atom is 0.255 e. The predicted octanol–water partition coefficient (Wildman–Crippen LogP) is 4.52. The van der Waals surface area contributed by atoms with Crippen LogP contribution in [0.5, 0.6) is 0 Å². The monoisotopic (exact) mass is 444 g/mol. The van der Waals surface area contributed by atoms with Crippen molar-refractivity contribution >= 4 is 21.6 Å². The zero-order chi connectivity index (χ0) is 22.4. The molecule has 0 aliphatic heterocycles. The van der Waals surface area contributed by atoms with E-state index in [4.69, 9.17) is 0 Å². The summed E-state index contributed by atoms with van der Waals surface area (Å²) in [7, 11) is -3.93. The lowest BCUT2D eigenvalue weighted by atomic mass is 10.1. The van der Waals surface area contributed by atoms with E-state index < -0.39 is 27.6 Å². The van der Waals surface area contributed by atoms with Gasteiger partial charge in [-0.1, -0.05) is 30.3 Å². The molecule has 8 heteroatoms. The highest BCUT2D eigenvalue weighted by atomic mass is 32.2. The molecule has 3 aromatic rings. The van der Waals surface area contributed by atoms with Crippen molar-refractivity contribution in [1.82, 2.24) is 4.72 Å². The first-order chi connectivity index (χ1) is 14.7. The topological polar surface area (TPSA) is 75.3 Å². The highest BCUT2D eigenvalue weighted by molar-refractivity contribution is 7.89. The number of amides is 1. The van der Waals surface area contributed by atoms with E-state index in [0.717, 1.165) is 23.8 Å². The molecule has 0 saturated carbocycles. The average molecular weight is 445 g/mol. The summed E-state index contributed by atoms with van der Waals surface area (Å²) >= 11 is 0. The zero-order valence-corrected chi connectivity index (χ0v) is 17.6. The van der Waals surface area contributed by atoms with Gasteiger partial charge in [0, 0.05) is 11.6 Å². The maximum absolute atomic E-state index is 14.5. The van der Waals surface area contributed by atoms with Crippen LogP contribution in [0.3, 0.4) is 0 Å². The quantitative estimate of drug-likeness (QED) is 0.537. The number of nitrogens with one attached hydrogen (secondary N) is 2. The molecule has 3 aromatic carbocycles. The van der Waals surface area contributed by atoms with Gasteiger partial charge < -0.3 is 5.32 Å². The molecule has 0 aliphatic carbocycles. The van der Waals surface area contributed by atoms with E-state index in [2.05, 4.69) is 10.0 Å². The van der Waals surface area contributed by atoms with E-state index in [1.165, 1.54) is 24.3 Å². The third-order valence-electron chi connectivity index (χ3n) is 4.67. The molecule has 0 fully saturated rings. The summed E-state index contributed by atoms with van der Waals surface area (Å²) in [4.78, 5) is 11.9. The van der Waals surface area contributed by atoms with Gasteiger partial charge in [0.15, 0.2) is 0 Å². The Morgan fingerprint density at radius 3 is 2.29 bits per heavy atom. The van der Waals surface area contributed by atoms with Crippen LogP contribution in [0.2, 0.25) is 0 Å². The summed E-state index contributed by atoms with van der Waals surface area (Å²) in [6.45, 7) is 1.74. The Morgan fingerprint density at radius 2 is 1.65 bits per heavy atom. The number of hydrogen-bond acceptors (Lipinski definition) is 3. The molecule has 0 bridgehead atoms. The number of hydrogen-bond donors (Lipinski definition) is 2. The predicted molar refractivity (Wildman–Crippen MR) is 115 cm³/mol. The summed E-state index contributed by atoms with van der Waals surface area (Å²) in [5.41, 5.74) is 1.07. The van der Waals surface area contributed by atoms with Crippen molar-refractivity contribution in [2.24, 2.45) is 0 Å². The molecule has 0 aromatic heterocycles. The molecular weight excluding hydrogens is 422 g/mol. The fraction of sp³-hybridized carbons (Fsp3) is 0.174. The second kappa shape index (κ2) is 9.80. The molecule has 31 heavy (non-hydrogen) atoms. The fourth-order valence-electron chi connectivity index (χ4n) is 2.98. The van der Waals surface area contributed by atoms with E-state index in [1.54, 1.807) is 6.92 Å². The molecular formula is C23H22F2N2O3S. The number of rotatable bonds is 8. The van der Waals surface area contributed by atoms with Gasteiger partial charge in [0.25, 0.3) is 5.91 Å². The van der Waals surface area contributed by atoms with Gasteiger partial charge in [0.05, 0.1) is 10.6 Å². The minimum Gasteiger partial charge on any atom is -0.319 e. The van der Waals surface area contributed by atoms with Crippen molar-refractivity contribution in [3.05, 3.63) is 95.6 Å². The number of carbonyl (C=O) groups excluding carboxylic acids is 1. The lowest BCUT2D eigenvalue weighted by molar-refractivity contribution is 0.102. The van der Waals surface area contributed by atoms with Crippen LogP contribution < -0.4 is 10.0 Å². The Hall–Kier alpha value is -3.10. The molecule has 0 aliphatic rings. The van der Waals surface area contributed by atoms with Gasteiger partial charge in [-0.3, -0.25) is 4.79 Å². The molecule has 2 N–H and O–H groups in total. The first-order valence-corrected chi connectivity index (χ1v) is 11.2. The van der Waals surface area contributed by atoms with Crippen molar-refractivity contribution in [2.75, 3.05) is 5.32 Å². The van der Waals surface area contributed by atoms with Gasteiger partial charge in [-0.25, -0.2) is 21.9 Å². The van der Waals surface area contributed by atoms with Crippen molar-refractivity contribution in [3.63, 3.8) is 0 Å². The highest BCUT2D eigenvalue weighted by Gasteiger charge is 2.20. The molecule has 0 heterocycles. The van der Waals surface area contributed by atoms with Gasteiger partial charge in [-0.15, -0.1) is 0 Å². The van der Waals surface area contributed by atoms with Gasteiger partial charge >= 0.3 is 0 Å². The number of carbonyl (C=O) groups is 1. The zero-order valence-electron chi connectivity index (χ0n) is 16.8. The standard InChI is InChI=1S/C23H22F2N2O3S/c1-16(7-8-17-5-3-2-4-6-17)27-31(29,30)20-13-14-22(21(25)15-20)26-23(28)18-9-11-19(24)12-10-18/h2-6,9-16,27H,7-8H2,1H3,(H,26,28)/t16-/m1/s1. The number of aryl methyl sites for hydroxylation is 1. The van der Waals surface area contributed by atoms with Gasteiger partial charge in [-0.2, -0.15) is 0 Å². The molecule has 0 spiro atoms. The molecule has 0 saturated heterocycles. The minimum atomic E-state index is -3.93. The largest absolute Gasteiger partial charge is 0.319 e. The first kappa shape index (κ1) is 22.6. The average Bonchev–Trinajstić information content (AvgIpc) is 2.74. The lowest BCUT2D eigenvalue weighted by Gasteiger charge is -2.15. The van der Waals surface area contributed by atoms with E-state index >= 15 is 0 Å². The fourth-order valence-corrected chi connectivity index (χ4v) is 4.27. The second-order valence-electron chi connectivity index (χ2n) is 7.15.